The van der Waals surface area contributed by atoms with Crippen LogP contribution in [0.25, 0.3) is 0 Å². The molecule has 0 N–H and O–H groups in total. The zero-order chi connectivity index (χ0) is 11.5. The first kappa shape index (κ1) is 11.8. The Morgan fingerprint density at radius 2 is 2.00 bits per heavy atom. The van der Waals surface area contributed by atoms with Crippen LogP contribution in [0.15, 0.2) is 24.3 Å². The molecule has 1 rings (SSSR count). The summed E-state index contributed by atoms with van der Waals surface area (Å²) in [5, 5.41) is 0. The second kappa shape index (κ2) is 4.47. The molecule has 0 radical (unpaired) electrons. The first-order chi connectivity index (χ1) is 6.95. The lowest BCUT2D eigenvalue weighted by atomic mass is 9.86. The van der Waals surface area contributed by atoms with Gasteiger partial charge in [0.05, 0.1) is 12.2 Å². The van der Waals surface area contributed by atoms with Gasteiger partial charge in [0.15, 0.2) is 0 Å². The van der Waals surface area contributed by atoms with Crippen LogP contribution in [0.2, 0.25) is 0 Å². The van der Waals surface area contributed by atoms with Crippen LogP contribution in [0.3, 0.4) is 0 Å². The predicted octanol–water partition coefficient (Wildman–Crippen LogP) is 3.16. The van der Waals surface area contributed by atoms with Crippen molar-refractivity contribution in [1.82, 2.24) is 0 Å². The van der Waals surface area contributed by atoms with Crippen molar-refractivity contribution in [3.63, 3.8) is 0 Å². The summed E-state index contributed by atoms with van der Waals surface area (Å²) in [5.74, 6) is -0.247. The topological polar surface area (TPSA) is 26.3 Å². The van der Waals surface area contributed by atoms with Crippen LogP contribution in [0, 0.1) is 0 Å². The van der Waals surface area contributed by atoms with E-state index in [-0.39, 0.29) is 11.4 Å². The number of carbonyl (C=O) groups is 1. The van der Waals surface area contributed by atoms with Crippen molar-refractivity contribution in [3.8, 4) is 0 Å². The number of esters is 1. The van der Waals surface area contributed by atoms with Gasteiger partial charge in [-0.2, -0.15) is 0 Å². The van der Waals surface area contributed by atoms with Crippen molar-refractivity contribution in [2.75, 3.05) is 6.61 Å². The average Bonchev–Trinajstić information content (AvgIpc) is 2.17. The van der Waals surface area contributed by atoms with Crippen molar-refractivity contribution in [2.24, 2.45) is 0 Å². The molecular weight excluding hydrogens is 188 g/mol. The van der Waals surface area contributed by atoms with Gasteiger partial charge in [-0.3, -0.25) is 0 Å². The summed E-state index contributed by atoms with van der Waals surface area (Å²) in [4.78, 5) is 11.5. The molecular formula is C13H18O2. The van der Waals surface area contributed by atoms with Gasteiger partial charge in [-0.1, -0.05) is 32.9 Å². The minimum atomic E-state index is -0.247. The second-order valence-corrected chi connectivity index (χ2v) is 4.55. The van der Waals surface area contributed by atoms with Crippen LogP contribution in [0.4, 0.5) is 0 Å². The lowest BCUT2D eigenvalue weighted by molar-refractivity contribution is 0.0526. The highest BCUT2D eigenvalue weighted by atomic mass is 16.5. The summed E-state index contributed by atoms with van der Waals surface area (Å²) in [6.07, 6.45) is 0. The quantitative estimate of drug-likeness (QED) is 0.695. The summed E-state index contributed by atoms with van der Waals surface area (Å²) in [7, 11) is 0. The minimum absolute atomic E-state index is 0.0580. The Labute approximate surface area is 91.3 Å². The van der Waals surface area contributed by atoms with Crippen molar-refractivity contribution >= 4 is 5.97 Å². The molecule has 82 valence electrons. The van der Waals surface area contributed by atoms with Gasteiger partial charge in [0.2, 0.25) is 0 Å². The molecule has 1 aromatic carbocycles. The third-order valence-corrected chi connectivity index (χ3v) is 2.24. The first-order valence-electron chi connectivity index (χ1n) is 5.23. The molecule has 0 saturated heterocycles. The number of rotatable bonds is 2. The zero-order valence-electron chi connectivity index (χ0n) is 9.83. The van der Waals surface area contributed by atoms with Gasteiger partial charge in [0.25, 0.3) is 0 Å². The second-order valence-electron chi connectivity index (χ2n) is 4.55. The lowest BCUT2D eigenvalue weighted by Crippen LogP contribution is -2.13. The Morgan fingerprint density at radius 1 is 1.33 bits per heavy atom. The average molecular weight is 206 g/mol. The van der Waals surface area contributed by atoms with Crippen LogP contribution in [0.5, 0.6) is 0 Å². The highest BCUT2D eigenvalue weighted by Gasteiger charge is 2.15. The maximum atomic E-state index is 11.5. The highest BCUT2D eigenvalue weighted by Crippen LogP contribution is 2.22. The fourth-order valence-corrected chi connectivity index (χ4v) is 1.33. The fraction of sp³-hybridized carbons (Fsp3) is 0.462. The summed E-state index contributed by atoms with van der Waals surface area (Å²) >= 11 is 0. The Balaban J connectivity index is 2.98. The maximum Gasteiger partial charge on any atom is 0.338 e. The number of hydrogen-bond donors (Lipinski definition) is 0. The largest absolute Gasteiger partial charge is 0.462 e. The van der Waals surface area contributed by atoms with Gasteiger partial charge in [-0.05, 0) is 30.0 Å². The van der Waals surface area contributed by atoms with E-state index < -0.39 is 0 Å². The number of ether oxygens (including phenoxy) is 1. The fourth-order valence-electron chi connectivity index (χ4n) is 1.33. The third kappa shape index (κ3) is 3.08. The molecule has 0 atom stereocenters. The molecule has 0 saturated carbocycles. The molecule has 0 spiro atoms. The first-order valence-corrected chi connectivity index (χ1v) is 5.23. The van der Waals surface area contributed by atoms with Crippen LogP contribution in [-0.2, 0) is 10.2 Å². The zero-order valence-corrected chi connectivity index (χ0v) is 9.83. The van der Waals surface area contributed by atoms with Crippen molar-refractivity contribution in [2.45, 2.75) is 33.1 Å². The molecule has 0 unspecified atom stereocenters. The molecule has 0 aliphatic heterocycles. The van der Waals surface area contributed by atoms with Gasteiger partial charge in [0, 0.05) is 0 Å². The van der Waals surface area contributed by atoms with E-state index >= 15 is 0 Å². The van der Waals surface area contributed by atoms with Crippen molar-refractivity contribution in [3.05, 3.63) is 35.4 Å². The Bertz CT molecular complexity index is 348. The van der Waals surface area contributed by atoms with Gasteiger partial charge < -0.3 is 4.74 Å². The summed E-state index contributed by atoms with van der Waals surface area (Å²) in [5.41, 5.74) is 1.83. The van der Waals surface area contributed by atoms with E-state index in [9.17, 15) is 4.79 Å². The molecule has 0 fully saturated rings. The molecule has 0 aliphatic rings. The number of hydrogen-bond acceptors (Lipinski definition) is 2. The Hall–Kier alpha value is -1.31. The molecule has 0 amide bonds. The third-order valence-electron chi connectivity index (χ3n) is 2.24. The number of benzene rings is 1. The number of carbonyl (C=O) groups excluding carboxylic acids is 1. The Morgan fingerprint density at radius 3 is 2.53 bits per heavy atom. The molecule has 0 heterocycles. The van der Waals surface area contributed by atoms with Gasteiger partial charge in [-0.15, -0.1) is 0 Å². The summed E-state index contributed by atoms with van der Waals surface area (Å²) in [6, 6.07) is 7.61. The van der Waals surface area contributed by atoms with E-state index in [2.05, 4.69) is 20.8 Å². The van der Waals surface area contributed by atoms with E-state index in [4.69, 9.17) is 4.74 Å². The summed E-state index contributed by atoms with van der Waals surface area (Å²) in [6.45, 7) is 8.59. The highest BCUT2D eigenvalue weighted by molar-refractivity contribution is 5.89. The van der Waals surface area contributed by atoms with E-state index in [1.54, 1.807) is 6.07 Å². The molecule has 0 aliphatic carbocycles. The normalized spacial score (nSPS) is 11.2. The van der Waals surface area contributed by atoms with Gasteiger partial charge >= 0.3 is 5.97 Å². The van der Waals surface area contributed by atoms with E-state index in [0.29, 0.717) is 12.2 Å². The molecule has 0 aromatic heterocycles. The molecule has 0 bridgehead atoms. The predicted molar refractivity (Wildman–Crippen MR) is 61.1 cm³/mol. The van der Waals surface area contributed by atoms with Gasteiger partial charge in [0.1, 0.15) is 0 Å². The standard InChI is InChI=1S/C13H18O2/c1-5-15-12(14)10-7-6-8-11(9-10)13(2,3)4/h6-9H,5H2,1-4H3. The molecule has 2 nitrogen and oxygen atoms in total. The van der Waals surface area contributed by atoms with E-state index in [1.165, 1.54) is 0 Å². The molecule has 15 heavy (non-hydrogen) atoms. The van der Waals surface area contributed by atoms with Crippen molar-refractivity contribution in [1.29, 1.82) is 0 Å². The monoisotopic (exact) mass is 206 g/mol. The van der Waals surface area contributed by atoms with Crippen LogP contribution in [0.1, 0.15) is 43.6 Å². The minimum Gasteiger partial charge on any atom is -0.462 e. The molecule has 1 aromatic rings. The van der Waals surface area contributed by atoms with Crippen LogP contribution < -0.4 is 0 Å². The maximum absolute atomic E-state index is 11.5. The van der Waals surface area contributed by atoms with E-state index in [0.717, 1.165) is 5.56 Å². The Kier molecular flexibility index (Phi) is 3.51. The van der Waals surface area contributed by atoms with Crippen molar-refractivity contribution < 1.29 is 9.53 Å². The lowest BCUT2D eigenvalue weighted by Gasteiger charge is -2.19. The van der Waals surface area contributed by atoms with Crippen LogP contribution in [-0.4, -0.2) is 12.6 Å². The van der Waals surface area contributed by atoms with E-state index in [1.807, 2.05) is 25.1 Å². The SMILES string of the molecule is CCOC(=O)c1cccc(C(C)(C)C)c1. The van der Waals surface area contributed by atoms with Gasteiger partial charge in [-0.25, -0.2) is 4.79 Å². The van der Waals surface area contributed by atoms with Crippen LogP contribution >= 0.6 is 0 Å². The smallest absolute Gasteiger partial charge is 0.338 e. The molecule has 2 heteroatoms. The summed E-state index contributed by atoms with van der Waals surface area (Å²) < 4.78 is 4.96.